The number of hydrogen-bond donors (Lipinski definition) is 2. The lowest BCUT2D eigenvalue weighted by molar-refractivity contribution is -0.274. The van der Waals surface area contributed by atoms with E-state index in [4.69, 9.17) is 4.74 Å². The smallest absolute Gasteiger partial charge is 0.483 e. The van der Waals surface area contributed by atoms with E-state index in [1.807, 2.05) is 12.1 Å². The first kappa shape index (κ1) is 16.7. The van der Waals surface area contributed by atoms with Crippen LogP contribution in [0.1, 0.15) is 0 Å². The van der Waals surface area contributed by atoms with Crippen molar-refractivity contribution in [1.82, 2.24) is 4.98 Å². The van der Waals surface area contributed by atoms with Gasteiger partial charge in [-0.3, -0.25) is 4.79 Å². The number of nitrogens with one attached hydrogen (secondary N) is 2. The molecule has 3 rings (SSSR count). The summed E-state index contributed by atoms with van der Waals surface area (Å²) in [5.41, 5.74) is 1.05. The number of hydrogen-bond acceptors (Lipinski definition) is 3. The maximum atomic E-state index is 12.2. The van der Waals surface area contributed by atoms with E-state index < -0.39 is 18.0 Å². The van der Waals surface area contributed by atoms with Gasteiger partial charge in [-0.15, -0.1) is 13.2 Å². The molecule has 0 aliphatic carbocycles. The lowest BCUT2D eigenvalue weighted by Crippen LogP contribution is -2.20. The van der Waals surface area contributed by atoms with Crippen molar-refractivity contribution in [1.29, 1.82) is 0 Å². The molecule has 3 aromatic rings. The molecule has 0 saturated heterocycles. The molecule has 130 valence electrons. The van der Waals surface area contributed by atoms with Gasteiger partial charge in [0.1, 0.15) is 11.5 Å². The number of fused-ring (bicyclic) bond motifs is 1. The average Bonchev–Trinajstić information content (AvgIpc) is 3.00. The zero-order valence-corrected chi connectivity index (χ0v) is 12.8. The zero-order valence-electron chi connectivity index (χ0n) is 12.8. The Hall–Kier alpha value is -3.16. The van der Waals surface area contributed by atoms with Gasteiger partial charge >= 0.3 is 6.36 Å². The zero-order chi connectivity index (χ0) is 17.9. The van der Waals surface area contributed by atoms with Gasteiger partial charge in [0, 0.05) is 28.9 Å². The quantitative estimate of drug-likeness (QED) is 0.729. The largest absolute Gasteiger partial charge is 0.573 e. The number of rotatable bonds is 5. The van der Waals surface area contributed by atoms with Crippen LogP contribution in [0, 0.1) is 0 Å². The Morgan fingerprint density at radius 1 is 1.12 bits per heavy atom. The van der Waals surface area contributed by atoms with Gasteiger partial charge in [0.15, 0.2) is 6.61 Å². The SMILES string of the molecule is O=C(COc1cccc2[nH]ccc12)Nc1cccc(OC(F)(F)F)c1. The molecule has 0 radical (unpaired) electrons. The van der Waals surface area contributed by atoms with Gasteiger partial charge in [0.25, 0.3) is 5.91 Å². The number of alkyl halides is 3. The van der Waals surface area contributed by atoms with E-state index in [1.165, 1.54) is 12.1 Å². The summed E-state index contributed by atoms with van der Waals surface area (Å²) in [4.78, 5) is 15.0. The van der Waals surface area contributed by atoms with Gasteiger partial charge in [-0.2, -0.15) is 0 Å². The second-order valence-corrected chi connectivity index (χ2v) is 5.11. The Kier molecular flexibility index (Phi) is 4.51. The Bertz CT molecular complexity index is 890. The fraction of sp³-hybridized carbons (Fsp3) is 0.118. The summed E-state index contributed by atoms with van der Waals surface area (Å²) in [5.74, 6) is -0.386. The maximum absolute atomic E-state index is 12.2. The molecule has 0 unspecified atom stereocenters. The summed E-state index contributed by atoms with van der Waals surface area (Å²) >= 11 is 0. The van der Waals surface area contributed by atoms with E-state index in [-0.39, 0.29) is 12.3 Å². The monoisotopic (exact) mass is 350 g/mol. The number of ether oxygens (including phenoxy) is 2. The summed E-state index contributed by atoms with van der Waals surface area (Å²) in [6.07, 6.45) is -3.04. The molecule has 0 bridgehead atoms. The van der Waals surface area contributed by atoms with Crippen molar-refractivity contribution in [2.75, 3.05) is 11.9 Å². The van der Waals surface area contributed by atoms with E-state index >= 15 is 0 Å². The van der Waals surface area contributed by atoms with Crippen LogP contribution in [-0.4, -0.2) is 23.9 Å². The molecule has 8 heteroatoms. The molecule has 1 amide bonds. The van der Waals surface area contributed by atoms with Crippen molar-refractivity contribution < 1.29 is 27.4 Å². The van der Waals surface area contributed by atoms with Crippen LogP contribution in [0.25, 0.3) is 10.9 Å². The minimum Gasteiger partial charge on any atom is -0.483 e. The summed E-state index contributed by atoms with van der Waals surface area (Å²) in [6, 6.07) is 12.2. The van der Waals surface area contributed by atoms with Crippen LogP contribution < -0.4 is 14.8 Å². The van der Waals surface area contributed by atoms with Crippen molar-refractivity contribution in [3.63, 3.8) is 0 Å². The van der Waals surface area contributed by atoms with Crippen LogP contribution >= 0.6 is 0 Å². The highest BCUT2D eigenvalue weighted by atomic mass is 19.4. The number of anilines is 1. The molecule has 2 aromatic carbocycles. The third-order valence-corrected chi connectivity index (χ3v) is 3.27. The van der Waals surface area contributed by atoms with Crippen LogP contribution in [0.4, 0.5) is 18.9 Å². The molecule has 0 aliphatic rings. The molecule has 0 spiro atoms. The van der Waals surface area contributed by atoms with Crippen molar-refractivity contribution in [3.8, 4) is 11.5 Å². The van der Waals surface area contributed by atoms with Crippen molar-refractivity contribution in [3.05, 3.63) is 54.7 Å². The topological polar surface area (TPSA) is 63.4 Å². The third-order valence-electron chi connectivity index (χ3n) is 3.27. The molecular formula is C17H13F3N2O3. The van der Waals surface area contributed by atoms with Gasteiger partial charge in [-0.05, 0) is 30.3 Å². The molecule has 25 heavy (non-hydrogen) atoms. The number of aromatic nitrogens is 1. The van der Waals surface area contributed by atoms with Crippen molar-refractivity contribution >= 4 is 22.5 Å². The van der Waals surface area contributed by atoms with Crippen LogP contribution in [0.2, 0.25) is 0 Å². The molecule has 0 atom stereocenters. The summed E-state index contributed by atoms with van der Waals surface area (Å²) in [5, 5.41) is 3.29. The number of halogens is 3. The average molecular weight is 350 g/mol. The minimum atomic E-state index is -4.79. The van der Waals surface area contributed by atoms with Gasteiger partial charge < -0.3 is 19.8 Å². The van der Waals surface area contributed by atoms with Gasteiger partial charge in [-0.1, -0.05) is 12.1 Å². The molecule has 0 fully saturated rings. The third kappa shape index (κ3) is 4.43. The summed E-state index contributed by atoms with van der Waals surface area (Å²) in [7, 11) is 0. The lowest BCUT2D eigenvalue weighted by Gasteiger charge is -2.11. The van der Waals surface area contributed by atoms with Gasteiger partial charge in [0.05, 0.1) is 0 Å². The molecule has 5 nitrogen and oxygen atoms in total. The van der Waals surface area contributed by atoms with Gasteiger partial charge in [-0.25, -0.2) is 0 Å². The predicted molar refractivity (Wildman–Crippen MR) is 85.5 cm³/mol. The second-order valence-electron chi connectivity index (χ2n) is 5.11. The number of carbonyl (C=O) groups is 1. The molecule has 1 heterocycles. The molecular weight excluding hydrogens is 337 g/mol. The Labute approximate surface area is 140 Å². The highest BCUT2D eigenvalue weighted by molar-refractivity contribution is 5.92. The Morgan fingerprint density at radius 2 is 1.92 bits per heavy atom. The fourth-order valence-corrected chi connectivity index (χ4v) is 2.29. The highest BCUT2D eigenvalue weighted by Gasteiger charge is 2.31. The summed E-state index contributed by atoms with van der Waals surface area (Å²) in [6.45, 7) is -0.283. The van der Waals surface area contributed by atoms with E-state index in [0.29, 0.717) is 5.75 Å². The van der Waals surface area contributed by atoms with Crippen LogP contribution in [0.5, 0.6) is 11.5 Å². The number of H-pyrrole nitrogens is 1. The van der Waals surface area contributed by atoms with E-state index in [2.05, 4.69) is 15.0 Å². The Balaban J connectivity index is 1.61. The lowest BCUT2D eigenvalue weighted by atomic mass is 10.2. The molecule has 2 N–H and O–H groups in total. The Morgan fingerprint density at radius 3 is 2.72 bits per heavy atom. The first-order chi connectivity index (χ1) is 11.9. The molecule has 1 aromatic heterocycles. The van der Waals surface area contributed by atoms with Crippen LogP contribution in [0.15, 0.2) is 54.7 Å². The number of benzene rings is 2. The van der Waals surface area contributed by atoms with Crippen LogP contribution in [0.3, 0.4) is 0 Å². The number of carbonyl (C=O) groups excluding carboxylic acids is 1. The van der Waals surface area contributed by atoms with Gasteiger partial charge in [0.2, 0.25) is 0 Å². The highest BCUT2D eigenvalue weighted by Crippen LogP contribution is 2.26. The summed E-state index contributed by atoms with van der Waals surface area (Å²) < 4.78 is 45.9. The molecule has 0 aliphatic heterocycles. The standard InChI is InChI=1S/C17H13F3N2O3/c18-17(19,20)25-12-4-1-3-11(9-12)22-16(23)10-24-15-6-2-5-14-13(15)7-8-21-14/h1-9,21H,10H2,(H,22,23). The predicted octanol–water partition coefficient (Wildman–Crippen LogP) is 4.08. The number of aromatic amines is 1. The first-order valence-corrected chi connectivity index (χ1v) is 7.25. The van der Waals surface area contributed by atoms with E-state index in [1.54, 1.807) is 18.3 Å². The van der Waals surface area contributed by atoms with E-state index in [0.717, 1.165) is 23.0 Å². The minimum absolute atomic E-state index is 0.176. The maximum Gasteiger partial charge on any atom is 0.573 e. The van der Waals surface area contributed by atoms with Crippen LogP contribution in [-0.2, 0) is 4.79 Å². The van der Waals surface area contributed by atoms with Crippen molar-refractivity contribution in [2.45, 2.75) is 6.36 Å². The van der Waals surface area contributed by atoms with E-state index in [9.17, 15) is 18.0 Å². The second kappa shape index (κ2) is 6.76. The number of amides is 1. The van der Waals surface area contributed by atoms with Crippen molar-refractivity contribution in [2.24, 2.45) is 0 Å². The fourth-order valence-electron chi connectivity index (χ4n) is 2.29. The first-order valence-electron chi connectivity index (χ1n) is 7.25. The normalized spacial score (nSPS) is 11.3. The molecule has 0 saturated carbocycles.